The summed E-state index contributed by atoms with van der Waals surface area (Å²) in [6.07, 6.45) is -2.41. The molecule has 0 amide bonds. The van der Waals surface area contributed by atoms with Crippen molar-refractivity contribution >= 4 is 22.9 Å². The minimum atomic E-state index is -4.45. The van der Waals surface area contributed by atoms with Crippen LogP contribution in [0.25, 0.3) is 0 Å². The summed E-state index contributed by atoms with van der Waals surface area (Å²) in [6, 6.07) is 4.28. The van der Waals surface area contributed by atoms with Gasteiger partial charge in [0.05, 0.1) is 5.56 Å². The largest absolute Gasteiger partial charge is 0.417 e. The van der Waals surface area contributed by atoms with Crippen LogP contribution in [-0.2, 0) is 6.18 Å². The lowest BCUT2D eigenvalue weighted by molar-refractivity contribution is -0.137. The van der Waals surface area contributed by atoms with Crippen LogP contribution in [0.1, 0.15) is 30.9 Å². The minimum Gasteiger partial charge on any atom is -0.389 e. The smallest absolute Gasteiger partial charge is 0.389 e. The van der Waals surface area contributed by atoms with Crippen LogP contribution >= 0.6 is 12.2 Å². The maximum Gasteiger partial charge on any atom is 0.417 e. The number of thiocarbonyl (C=S) groups is 1. The topological polar surface area (TPSA) is 38.0 Å². The maximum atomic E-state index is 12.9. The predicted octanol–water partition coefficient (Wildman–Crippen LogP) is 3.55. The van der Waals surface area contributed by atoms with Gasteiger partial charge in [0.25, 0.3) is 0 Å². The molecule has 1 aromatic carbocycles. The number of anilines is 1. The van der Waals surface area contributed by atoms with Gasteiger partial charge in [0, 0.05) is 17.3 Å². The van der Waals surface area contributed by atoms with Crippen LogP contribution in [-0.4, -0.2) is 11.0 Å². The molecule has 1 saturated carbocycles. The van der Waals surface area contributed by atoms with E-state index in [0.717, 1.165) is 18.9 Å². The molecule has 1 aromatic rings. The van der Waals surface area contributed by atoms with E-state index in [1.165, 1.54) is 6.07 Å². The lowest BCUT2D eigenvalue weighted by Gasteiger charge is -2.14. The normalized spacial score (nSPS) is 22.1. The second kappa shape index (κ2) is 5.00. The summed E-state index contributed by atoms with van der Waals surface area (Å²) in [5.74, 6) is 0.560. The fourth-order valence-corrected chi connectivity index (χ4v) is 2.35. The molecule has 0 aromatic heterocycles. The van der Waals surface area contributed by atoms with Crippen LogP contribution in [0.15, 0.2) is 18.2 Å². The van der Waals surface area contributed by atoms with Crippen molar-refractivity contribution in [3.8, 4) is 0 Å². The molecular formula is C13H15F3N2S. The molecule has 1 aliphatic carbocycles. The van der Waals surface area contributed by atoms with Gasteiger partial charge in [-0.15, -0.1) is 0 Å². The predicted molar refractivity (Wildman–Crippen MR) is 73.1 cm³/mol. The number of hydrogen-bond donors (Lipinski definition) is 2. The number of rotatable bonds is 4. The number of nitrogens with one attached hydrogen (secondary N) is 1. The van der Waals surface area contributed by atoms with Gasteiger partial charge >= 0.3 is 6.18 Å². The highest BCUT2D eigenvalue weighted by Gasteiger charge is 2.37. The number of halogens is 3. The fraction of sp³-hybridized carbons (Fsp3) is 0.462. The molecule has 0 spiro atoms. The van der Waals surface area contributed by atoms with E-state index in [4.69, 9.17) is 5.73 Å². The van der Waals surface area contributed by atoms with Gasteiger partial charge in [-0.25, -0.2) is 0 Å². The van der Waals surface area contributed by atoms with E-state index in [1.54, 1.807) is 6.07 Å². The van der Waals surface area contributed by atoms with Gasteiger partial charge in [-0.05, 0) is 30.5 Å². The molecule has 0 aliphatic heterocycles. The van der Waals surface area contributed by atoms with Crippen molar-refractivity contribution in [1.29, 1.82) is 0 Å². The Bertz CT molecular complexity index is 499. The summed E-state index contributed by atoms with van der Waals surface area (Å²) in [4.78, 5) is -0.239. The molecule has 0 heterocycles. The third-order valence-electron chi connectivity index (χ3n) is 3.39. The van der Waals surface area contributed by atoms with Crippen molar-refractivity contribution in [2.45, 2.75) is 32.0 Å². The Morgan fingerprint density at radius 2 is 2.16 bits per heavy atom. The second-order valence-electron chi connectivity index (χ2n) is 4.78. The van der Waals surface area contributed by atoms with E-state index < -0.39 is 11.7 Å². The molecule has 2 rings (SSSR count). The van der Waals surface area contributed by atoms with Gasteiger partial charge in [-0.2, -0.15) is 13.2 Å². The number of nitrogens with two attached hydrogens (primary N) is 1. The van der Waals surface area contributed by atoms with E-state index in [1.807, 2.05) is 0 Å². The van der Waals surface area contributed by atoms with Crippen LogP contribution in [0.2, 0.25) is 0 Å². The molecule has 2 unspecified atom stereocenters. The van der Waals surface area contributed by atoms with E-state index in [-0.39, 0.29) is 16.6 Å². The summed E-state index contributed by atoms with van der Waals surface area (Å²) in [5, 5.41) is 3.11. The summed E-state index contributed by atoms with van der Waals surface area (Å²) in [5.41, 5.74) is 4.89. The molecule has 3 N–H and O–H groups in total. The SMILES string of the molecule is CCC1CC1Nc1ccc(C(N)=S)c(C(F)(F)F)c1. The summed E-state index contributed by atoms with van der Waals surface area (Å²) < 4.78 is 38.8. The van der Waals surface area contributed by atoms with Gasteiger partial charge < -0.3 is 11.1 Å². The zero-order valence-corrected chi connectivity index (χ0v) is 11.2. The fourth-order valence-electron chi connectivity index (χ4n) is 2.17. The van der Waals surface area contributed by atoms with E-state index in [2.05, 4.69) is 24.5 Å². The first kappa shape index (κ1) is 14.1. The molecule has 2 nitrogen and oxygen atoms in total. The van der Waals surface area contributed by atoms with Crippen molar-refractivity contribution in [2.24, 2.45) is 11.7 Å². The Morgan fingerprint density at radius 3 is 2.63 bits per heavy atom. The Kier molecular flexibility index (Phi) is 3.71. The first-order chi connectivity index (χ1) is 8.82. The Morgan fingerprint density at radius 1 is 1.47 bits per heavy atom. The highest BCUT2D eigenvalue weighted by Crippen LogP contribution is 2.38. The zero-order chi connectivity index (χ0) is 14.2. The van der Waals surface area contributed by atoms with Crippen molar-refractivity contribution in [3.05, 3.63) is 29.3 Å². The second-order valence-corrected chi connectivity index (χ2v) is 5.22. The molecule has 2 atom stereocenters. The van der Waals surface area contributed by atoms with Gasteiger partial charge in [-0.1, -0.05) is 25.6 Å². The van der Waals surface area contributed by atoms with Crippen molar-refractivity contribution in [2.75, 3.05) is 5.32 Å². The molecule has 6 heteroatoms. The average molecular weight is 288 g/mol. The van der Waals surface area contributed by atoms with Crippen molar-refractivity contribution in [1.82, 2.24) is 0 Å². The van der Waals surface area contributed by atoms with Crippen molar-refractivity contribution in [3.63, 3.8) is 0 Å². The first-order valence-electron chi connectivity index (χ1n) is 6.10. The van der Waals surface area contributed by atoms with Crippen LogP contribution in [0.4, 0.5) is 18.9 Å². The number of alkyl halides is 3. The van der Waals surface area contributed by atoms with Crippen LogP contribution in [0.3, 0.4) is 0 Å². The molecule has 19 heavy (non-hydrogen) atoms. The quantitative estimate of drug-likeness (QED) is 0.832. The third-order valence-corrected chi connectivity index (χ3v) is 3.61. The van der Waals surface area contributed by atoms with E-state index in [0.29, 0.717) is 11.6 Å². The summed E-state index contributed by atoms with van der Waals surface area (Å²) >= 11 is 4.66. The van der Waals surface area contributed by atoms with Crippen LogP contribution in [0, 0.1) is 5.92 Å². The zero-order valence-electron chi connectivity index (χ0n) is 10.4. The Hall–Kier alpha value is -1.30. The molecular weight excluding hydrogens is 273 g/mol. The highest BCUT2D eigenvalue weighted by molar-refractivity contribution is 7.80. The average Bonchev–Trinajstić information content (AvgIpc) is 3.06. The summed E-state index contributed by atoms with van der Waals surface area (Å²) in [7, 11) is 0. The molecule has 1 fully saturated rings. The monoisotopic (exact) mass is 288 g/mol. The van der Waals surface area contributed by atoms with Gasteiger partial charge in [0.2, 0.25) is 0 Å². The standard InChI is InChI=1S/C13H15F3N2S/c1-2-7-5-11(7)18-8-3-4-9(12(17)19)10(6-8)13(14,15)16/h3-4,6-7,11,18H,2,5H2,1H3,(H2,17,19). The first-order valence-corrected chi connectivity index (χ1v) is 6.51. The number of hydrogen-bond acceptors (Lipinski definition) is 2. The van der Waals surface area contributed by atoms with Crippen LogP contribution in [0.5, 0.6) is 0 Å². The summed E-state index contributed by atoms with van der Waals surface area (Å²) in [6.45, 7) is 2.07. The van der Waals surface area contributed by atoms with Gasteiger partial charge in [-0.3, -0.25) is 0 Å². The lowest BCUT2D eigenvalue weighted by atomic mass is 10.1. The Labute approximate surface area is 115 Å². The highest BCUT2D eigenvalue weighted by atomic mass is 32.1. The molecule has 0 bridgehead atoms. The van der Waals surface area contributed by atoms with Crippen LogP contribution < -0.4 is 11.1 Å². The maximum absolute atomic E-state index is 12.9. The third kappa shape index (κ3) is 3.18. The molecule has 104 valence electrons. The molecule has 1 aliphatic rings. The van der Waals surface area contributed by atoms with E-state index in [9.17, 15) is 13.2 Å². The molecule has 0 radical (unpaired) electrons. The Balaban J connectivity index is 2.26. The van der Waals surface area contributed by atoms with E-state index >= 15 is 0 Å². The lowest BCUT2D eigenvalue weighted by Crippen LogP contribution is -2.18. The minimum absolute atomic E-state index is 0.129. The molecule has 0 saturated heterocycles. The van der Waals surface area contributed by atoms with Crippen molar-refractivity contribution < 1.29 is 13.2 Å². The number of benzene rings is 1. The van der Waals surface area contributed by atoms with Gasteiger partial charge in [0.15, 0.2) is 0 Å². The van der Waals surface area contributed by atoms with Gasteiger partial charge in [0.1, 0.15) is 4.99 Å².